The van der Waals surface area contributed by atoms with Gasteiger partial charge in [-0.3, -0.25) is 0 Å². The zero-order chi connectivity index (χ0) is 20.1. The first kappa shape index (κ1) is 19.9. The Hall–Kier alpha value is -2.44. The first-order valence-corrected chi connectivity index (χ1v) is 10.5. The molecule has 0 bridgehead atoms. The zero-order valence-electron chi connectivity index (χ0n) is 17.3. The number of hydrogen-bond acceptors (Lipinski definition) is 6. The molecule has 0 spiro atoms. The van der Waals surface area contributed by atoms with Gasteiger partial charge in [-0.2, -0.15) is 0 Å². The normalized spacial score (nSPS) is 19.5. The van der Waals surface area contributed by atoms with Gasteiger partial charge in [0.25, 0.3) is 0 Å². The van der Waals surface area contributed by atoms with Crippen LogP contribution in [-0.2, 0) is 4.74 Å². The van der Waals surface area contributed by atoms with E-state index in [9.17, 15) is 0 Å². The molecule has 2 heterocycles. The van der Waals surface area contributed by atoms with Crippen LogP contribution in [0.3, 0.4) is 0 Å². The number of oxazole rings is 1. The summed E-state index contributed by atoms with van der Waals surface area (Å²) in [7, 11) is 1.75. The van der Waals surface area contributed by atoms with Crippen molar-refractivity contribution in [1.82, 2.24) is 15.3 Å². The topological polar surface area (TPSA) is 72.2 Å². The molecule has 1 saturated carbocycles. The third-order valence-corrected chi connectivity index (χ3v) is 5.79. The number of pyridine rings is 1. The molecule has 2 N–H and O–H groups in total. The van der Waals surface area contributed by atoms with Crippen LogP contribution >= 0.6 is 0 Å². The number of ether oxygens (including phenoxy) is 1. The molecule has 6 nitrogen and oxygen atoms in total. The second kappa shape index (κ2) is 9.37. The minimum atomic E-state index is 0.637. The lowest BCUT2D eigenvalue weighted by atomic mass is 9.86. The lowest BCUT2D eigenvalue weighted by Gasteiger charge is -2.29. The van der Waals surface area contributed by atoms with Crippen LogP contribution in [0.2, 0.25) is 0 Å². The summed E-state index contributed by atoms with van der Waals surface area (Å²) in [6.07, 6.45) is 8.68. The number of rotatable bonds is 8. The summed E-state index contributed by atoms with van der Waals surface area (Å²) < 4.78 is 10.8. The van der Waals surface area contributed by atoms with Gasteiger partial charge in [-0.15, -0.1) is 0 Å². The average molecular weight is 395 g/mol. The third kappa shape index (κ3) is 5.14. The van der Waals surface area contributed by atoms with Crippen LogP contribution < -0.4 is 10.6 Å². The quantitative estimate of drug-likeness (QED) is 0.552. The van der Waals surface area contributed by atoms with Gasteiger partial charge in [0.15, 0.2) is 11.7 Å². The van der Waals surface area contributed by atoms with E-state index in [1.54, 1.807) is 13.3 Å². The highest BCUT2D eigenvalue weighted by molar-refractivity contribution is 5.87. The molecule has 0 amide bonds. The van der Waals surface area contributed by atoms with Gasteiger partial charge >= 0.3 is 0 Å². The van der Waals surface area contributed by atoms with Gasteiger partial charge in [0.2, 0.25) is 0 Å². The molecule has 29 heavy (non-hydrogen) atoms. The molecule has 0 atom stereocenters. The fraction of sp³-hybridized carbons (Fsp3) is 0.478. The summed E-state index contributed by atoms with van der Waals surface area (Å²) in [4.78, 5) is 8.79. The lowest BCUT2D eigenvalue weighted by molar-refractivity contribution is 0.189. The minimum absolute atomic E-state index is 0.637. The Morgan fingerprint density at radius 2 is 1.93 bits per heavy atom. The monoisotopic (exact) mass is 394 g/mol. The molecule has 3 aromatic rings. The van der Waals surface area contributed by atoms with Crippen molar-refractivity contribution in [3.05, 3.63) is 42.5 Å². The maximum atomic E-state index is 5.66. The maximum Gasteiger partial charge on any atom is 0.191 e. The van der Waals surface area contributed by atoms with E-state index in [-0.39, 0.29) is 0 Å². The Morgan fingerprint density at radius 3 is 2.69 bits per heavy atom. The van der Waals surface area contributed by atoms with Gasteiger partial charge in [0.05, 0.1) is 12.8 Å². The second-order valence-corrected chi connectivity index (χ2v) is 7.92. The number of nitrogens with zero attached hydrogens (tertiary/aromatic N) is 2. The fourth-order valence-corrected chi connectivity index (χ4v) is 4.07. The Bertz CT molecular complexity index is 932. The van der Waals surface area contributed by atoms with E-state index in [0.717, 1.165) is 47.6 Å². The number of methoxy groups -OCH3 is 1. The number of benzene rings is 1. The molecule has 1 aliphatic rings. The summed E-state index contributed by atoms with van der Waals surface area (Å²) in [5, 5.41) is 9.41. The molecule has 0 aliphatic heterocycles. The van der Waals surface area contributed by atoms with Crippen molar-refractivity contribution in [3.8, 4) is 11.3 Å². The Kier molecular flexibility index (Phi) is 6.42. The number of nitrogens with one attached hydrogen (secondary N) is 2. The van der Waals surface area contributed by atoms with E-state index >= 15 is 0 Å². The van der Waals surface area contributed by atoms with E-state index in [4.69, 9.17) is 9.15 Å². The van der Waals surface area contributed by atoms with Crippen LogP contribution in [0.1, 0.15) is 31.6 Å². The predicted octanol–water partition coefficient (Wildman–Crippen LogP) is 4.40. The summed E-state index contributed by atoms with van der Waals surface area (Å²) in [6.45, 7) is 4.57. The minimum Gasteiger partial charge on any atom is -0.441 e. The van der Waals surface area contributed by atoms with Crippen molar-refractivity contribution in [3.63, 3.8) is 0 Å². The number of aromatic nitrogens is 2. The van der Waals surface area contributed by atoms with E-state index in [1.165, 1.54) is 25.7 Å². The van der Waals surface area contributed by atoms with Gasteiger partial charge in [-0.05, 0) is 49.1 Å². The van der Waals surface area contributed by atoms with E-state index < -0.39 is 0 Å². The fourth-order valence-electron chi connectivity index (χ4n) is 4.07. The van der Waals surface area contributed by atoms with Crippen molar-refractivity contribution < 1.29 is 9.15 Å². The van der Waals surface area contributed by atoms with Gasteiger partial charge in [-0.25, -0.2) is 9.97 Å². The van der Waals surface area contributed by atoms with E-state index in [0.29, 0.717) is 17.9 Å². The second-order valence-electron chi connectivity index (χ2n) is 7.92. The van der Waals surface area contributed by atoms with Gasteiger partial charge in [-0.1, -0.05) is 12.1 Å². The molecule has 6 heteroatoms. The van der Waals surface area contributed by atoms with Crippen LogP contribution in [0.4, 0.5) is 5.82 Å². The summed E-state index contributed by atoms with van der Waals surface area (Å²) in [6, 6.07) is 9.03. The number of aryl methyl sites for hydroxylation is 1. The largest absolute Gasteiger partial charge is 0.441 e. The first-order valence-electron chi connectivity index (χ1n) is 10.5. The molecular weight excluding hydrogens is 364 g/mol. The summed E-state index contributed by atoms with van der Waals surface area (Å²) >= 11 is 0. The Balaban J connectivity index is 1.34. The van der Waals surface area contributed by atoms with Crippen molar-refractivity contribution in [2.75, 3.05) is 32.1 Å². The number of anilines is 1. The zero-order valence-corrected chi connectivity index (χ0v) is 17.3. The van der Waals surface area contributed by atoms with E-state index in [1.807, 2.05) is 13.1 Å². The molecule has 2 aromatic heterocycles. The van der Waals surface area contributed by atoms with Crippen molar-refractivity contribution in [2.24, 2.45) is 5.92 Å². The first-order chi connectivity index (χ1) is 14.2. The smallest absolute Gasteiger partial charge is 0.191 e. The molecule has 0 saturated heterocycles. The predicted molar refractivity (Wildman–Crippen MR) is 116 cm³/mol. The van der Waals surface area contributed by atoms with Crippen molar-refractivity contribution in [1.29, 1.82) is 0 Å². The summed E-state index contributed by atoms with van der Waals surface area (Å²) in [5.41, 5.74) is 1.04. The molecule has 0 radical (unpaired) electrons. The van der Waals surface area contributed by atoms with Crippen LogP contribution in [-0.4, -0.2) is 42.8 Å². The van der Waals surface area contributed by atoms with Crippen LogP contribution in [0, 0.1) is 12.8 Å². The summed E-state index contributed by atoms with van der Waals surface area (Å²) in [5.74, 6) is 3.12. The van der Waals surface area contributed by atoms with Gasteiger partial charge in [0, 0.05) is 50.3 Å². The molecule has 1 aromatic carbocycles. The van der Waals surface area contributed by atoms with Crippen molar-refractivity contribution in [2.45, 2.75) is 38.6 Å². The molecular formula is C23H30N4O2. The standard InChI is InChI=1S/C23H30N4O2/c1-16-25-15-22(29-16)18-5-6-19-14-27-23(12-20(19)11-18)26-13-17-3-7-21(8-4-17)24-9-10-28-2/h5-6,11-12,14-15,17,21,24H,3-4,7-10,13H2,1-2H3,(H,26,27). The SMILES string of the molecule is COCCNC1CCC(CNc2cc3cc(-c4cnc(C)o4)ccc3cn2)CC1. The number of fused-ring (bicyclic) bond motifs is 1. The highest BCUT2D eigenvalue weighted by Gasteiger charge is 2.20. The van der Waals surface area contributed by atoms with Crippen LogP contribution in [0.5, 0.6) is 0 Å². The highest BCUT2D eigenvalue weighted by Crippen LogP contribution is 2.27. The van der Waals surface area contributed by atoms with E-state index in [2.05, 4.69) is 44.9 Å². The maximum absolute atomic E-state index is 5.66. The van der Waals surface area contributed by atoms with Crippen LogP contribution in [0.25, 0.3) is 22.1 Å². The Morgan fingerprint density at radius 1 is 1.07 bits per heavy atom. The highest BCUT2D eigenvalue weighted by atomic mass is 16.5. The van der Waals surface area contributed by atoms with Gasteiger partial charge in [0.1, 0.15) is 5.82 Å². The lowest BCUT2D eigenvalue weighted by Crippen LogP contribution is -2.36. The average Bonchev–Trinajstić information content (AvgIpc) is 3.19. The molecule has 0 unspecified atom stereocenters. The van der Waals surface area contributed by atoms with Crippen LogP contribution in [0.15, 0.2) is 41.1 Å². The molecule has 1 aliphatic carbocycles. The third-order valence-electron chi connectivity index (χ3n) is 5.79. The molecule has 154 valence electrons. The van der Waals surface area contributed by atoms with Crippen molar-refractivity contribution >= 4 is 16.6 Å². The molecule has 1 fully saturated rings. The molecule has 4 rings (SSSR count). The van der Waals surface area contributed by atoms with Gasteiger partial charge < -0.3 is 19.8 Å². The number of hydrogen-bond donors (Lipinski definition) is 2. The Labute approximate surface area is 172 Å².